The van der Waals surface area contributed by atoms with Crippen LogP contribution in [-0.4, -0.2) is 17.3 Å². The molecule has 1 aromatic rings. The molecule has 0 atom stereocenters. The summed E-state index contributed by atoms with van der Waals surface area (Å²) in [6.07, 6.45) is 2.91. The quantitative estimate of drug-likeness (QED) is 0.651. The molecule has 56 valence electrons. The standard InChI is InChI=1S/C5H7N3O.ClH/c1-9-5-3-8-7-2-4(5)6;/h2-3H,1H3,(H2,6,8);1H. The van der Waals surface area contributed by atoms with E-state index >= 15 is 0 Å². The van der Waals surface area contributed by atoms with Crippen LogP contribution in [0.4, 0.5) is 5.69 Å². The number of ether oxygens (including phenoxy) is 1. The first-order chi connectivity index (χ1) is 4.34. The molecule has 0 spiro atoms. The van der Waals surface area contributed by atoms with Crippen LogP contribution in [0.3, 0.4) is 0 Å². The van der Waals surface area contributed by atoms with E-state index < -0.39 is 0 Å². The summed E-state index contributed by atoms with van der Waals surface area (Å²) in [6, 6.07) is 0. The van der Waals surface area contributed by atoms with E-state index in [-0.39, 0.29) is 12.4 Å². The smallest absolute Gasteiger partial charge is 0.163 e. The maximum absolute atomic E-state index is 5.40. The Hall–Kier alpha value is -1.03. The highest BCUT2D eigenvalue weighted by atomic mass is 35.5. The number of methoxy groups -OCH3 is 1. The van der Waals surface area contributed by atoms with Gasteiger partial charge in [0.1, 0.15) is 0 Å². The molecular weight excluding hydrogens is 154 g/mol. The summed E-state index contributed by atoms with van der Waals surface area (Å²) in [7, 11) is 1.54. The van der Waals surface area contributed by atoms with Crippen molar-refractivity contribution in [3.8, 4) is 5.75 Å². The van der Waals surface area contributed by atoms with Gasteiger partial charge >= 0.3 is 0 Å². The number of nitrogens with zero attached hydrogens (tertiary/aromatic N) is 2. The van der Waals surface area contributed by atoms with E-state index in [4.69, 9.17) is 10.5 Å². The molecule has 0 radical (unpaired) electrons. The molecular formula is C5H8ClN3O. The second-order valence-electron chi connectivity index (χ2n) is 1.51. The second kappa shape index (κ2) is 3.90. The van der Waals surface area contributed by atoms with Gasteiger partial charge in [-0.15, -0.1) is 12.4 Å². The molecule has 0 aliphatic heterocycles. The summed E-state index contributed by atoms with van der Waals surface area (Å²) >= 11 is 0. The van der Waals surface area contributed by atoms with Crippen LogP contribution in [0.2, 0.25) is 0 Å². The van der Waals surface area contributed by atoms with Crippen LogP contribution in [0.5, 0.6) is 5.75 Å². The highest BCUT2D eigenvalue weighted by Gasteiger charge is 1.94. The molecule has 4 nitrogen and oxygen atoms in total. The molecule has 0 amide bonds. The van der Waals surface area contributed by atoms with E-state index in [2.05, 4.69) is 10.2 Å². The summed E-state index contributed by atoms with van der Waals surface area (Å²) in [5.74, 6) is 0.560. The van der Waals surface area contributed by atoms with Crippen molar-refractivity contribution in [2.75, 3.05) is 12.8 Å². The lowest BCUT2D eigenvalue weighted by molar-refractivity contribution is 0.414. The van der Waals surface area contributed by atoms with Crippen molar-refractivity contribution in [1.29, 1.82) is 0 Å². The van der Waals surface area contributed by atoms with E-state index in [1.54, 1.807) is 0 Å². The van der Waals surface area contributed by atoms with Gasteiger partial charge in [-0.2, -0.15) is 10.2 Å². The highest BCUT2D eigenvalue weighted by Crippen LogP contribution is 2.15. The second-order valence-corrected chi connectivity index (χ2v) is 1.51. The summed E-state index contributed by atoms with van der Waals surface area (Å²) in [5.41, 5.74) is 5.91. The lowest BCUT2D eigenvalue weighted by Gasteiger charge is -1.98. The molecule has 1 rings (SSSR count). The zero-order valence-electron chi connectivity index (χ0n) is 5.44. The zero-order chi connectivity index (χ0) is 6.69. The molecule has 0 bridgehead atoms. The predicted octanol–water partition coefficient (Wildman–Crippen LogP) is 0.489. The van der Waals surface area contributed by atoms with E-state index in [1.807, 2.05) is 0 Å². The Balaban J connectivity index is 0.000000810. The van der Waals surface area contributed by atoms with Gasteiger partial charge in [0, 0.05) is 0 Å². The molecule has 2 N–H and O–H groups in total. The first kappa shape index (κ1) is 8.97. The minimum atomic E-state index is 0. The van der Waals surface area contributed by atoms with Crippen LogP contribution in [0.25, 0.3) is 0 Å². The first-order valence-corrected chi connectivity index (χ1v) is 2.44. The van der Waals surface area contributed by atoms with Crippen molar-refractivity contribution in [2.45, 2.75) is 0 Å². The van der Waals surface area contributed by atoms with Gasteiger partial charge in [-0.25, -0.2) is 0 Å². The Labute approximate surface area is 64.8 Å². The van der Waals surface area contributed by atoms with Crippen molar-refractivity contribution in [3.63, 3.8) is 0 Å². The monoisotopic (exact) mass is 161 g/mol. The summed E-state index contributed by atoms with van der Waals surface area (Å²) in [4.78, 5) is 0. The van der Waals surface area contributed by atoms with Gasteiger partial charge in [0.25, 0.3) is 0 Å². The normalized spacial score (nSPS) is 8.10. The maximum atomic E-state index is 5.40. The maximum Gasteiger partial charge on any atom is 0.163 e. The molecule has 0 saturated carbocycles. The van der Waals surface area contributed by atoms with E-state index in [9.17, 15) is 0 Å². The van der Waals surface area contributed by atoms with Crippen LogP contribution in [0, 0.1) is 0 Å². The Kier molecular flexibility index (Phi) is 3.49. The fraction of sp³-hybridized carbons (Fsp3) is 0.200. The SMILES string of the molecule is COc1cnncc1N.Cl. The Bertz CT molecular complexity index is 206. The number of anilines is 1. The van der Waals surface area contributed by atoms with Gasteiger partial charge in [0.2, 0.25) is 0 Å². The molecule has 0 fully saturated rings. The Morgan fingerprint density at radius 2 is 2.00 bits per heavy atom. The number of rotatable bonds is 1. The lowest BCUT2D eigenvalue weighted by atomic mass is 10.4. The largest absolute Gasteiger partial charge is 0.493 e. The number of nitrogens with two attached hydrogens (primary N) is 1. The van der Waals surface area contributed by atoms with Crippen LogP contribution in [0.1, 0.15) is 0 Å². The van der Waals surface area contributed by atoms with Crippen LogP contribution in [-0.2, 0) is 0 Å². The summed E-state index contributed by atoms with van der Waals surface area (Å²) in [6.45, 7) is 0. The average Bonchev–Trinajstić information content (AvgIpc) is 1.89. The van der Waals surface area contributed by atoms with E-state index in [1.165, 1.54) is 19.5 Å². The van der Waals surface area contributed by atoms with Gasteiger partial charge in [-0.05, 0) is 0 Å². The highest BCUT2D eigenvalue weighted by molar-refractivity contribution is 5.85. The van der Waals surface area contributed by atoms with Gasteiger partial charge in [0.05, 0.1) is 25.2 Å². The lowest BCUT2D eigenvalue weighted by Crippen LogP contribution is -1.93. The van der Waals surface area contributed by atoms with Crippen molar-refractivity contribution >= 4 is 18.1 Å². The molecule has 10 heavy (non-hydrogen) atoms. The third-order valence-electron chi connectivity index (χ3n) is 0.943. The fourth-order valence-electron chi connectivity index (χ4n) is 0.490. The van der Waals surface area contributed by atoms with Crippen LogP contribution >= 0.6 is 12.4 Å². The van der Waals surface area contributed by atoms with Crippen molar-refractivity contribution < 1.29 is 4.74 Å². The molecule has 5 heteroatoms. The van der Waals surface area contributed by atoms with Gasteiger partial charge in [0.15, 0.2) is 5.75 Å². The number of aromatic nitrogens is 2. The van der Waals surface area contributed by atoms with Crippen molar-refractivity contribution in [3.05, 3.63) is 12.4 Å². The first-order valence-electron chi connectivity index (χ1n) is 2.44. The molecule has 1 aromatic heterocycles. The van der Waals surface area contributed by atoms with E-state index in [0.717, 1.165) is 0 Å². The van der Waals surface area contributed by atoms with Crippen LogP contribution in [0.15, 0.2) is 12.4 Å². The predicted molar refractivity (Wildman–Crippen MR) is 40.2 cm³/mol. The van der Waals surface area contributed by atoms with Crippen LogP contribution < -0.4 is 10.5 Å². The Morgan fingerprint density at radius 1 is 1.40 bits per heavy atom. The zero-order valence-corrected chi connectivity index (χ0v) is 6.26. The summed E-state index contributed by atoms with van der Waals surface area (Å²) < 4.78 is 4.82. The number of hydrogen-bond donors (Lipinski definition) is 1. The average molecular weight is 162 g/mol. The minimum absolute atomic E-state index is 0. The van der Waals surface area contributed by atoms with E-state index in [0.29, 0.717) is 11.4 Å². The number of hydrogen-bond acceptors (Lipinski definition) is 4. The summed E-state index contributed by atoms with van der Waals surface area (Å²) in [5, 5.41) is 7.10. The molecule has 0 saturated heterocycles. The molecule has 1 heterocycles. The number of nitrogen functional groups attached to an aromatic ring is 1. The molecule has 0 aliphatic rings. The Morgan fingerprint density at radius 3 is 2.40 bits per heavy atom. The molecule has 0 aromatic carbocycles. The third-order valence-corrected chi connectivity index (χ3v) is 0.943. The van der Waals surface area contributed by atoms with Gasteiger partial charge in [-0.1, -0.05) is 0 Å². The minimum Gasteiger partial charge on any atom is -0.493 e. The topological polar surface area (TPSA) is 61.0 Å². The van der Waals surface area contributed by atoms with Crippen molar-refractivity contribution in [2.24, 2.45) is 0 Å². The van der Waals surface area contributed by atoms with Gasteiger partial charge in [-0.3, -0.25) is 0 Å². The number of halogens is 1. The fourth-order valence-corrected chi connectivity index (χ4v) is 0.490. The van der Waals surface area contributed by atoms with Gasteiger partial charge < -0.3 is 10.5 Å². The van der Waals surface area contributed by atoms with Crippen molar-refractivity contribution in [1.82, 2.24) is 10.2 Å². The molecule has 0 aliphatic carbocycles. The molecule has 0 unspecified atom stereocenters. The third kappa shape index (κ3) is 1.73.